The van der Waals surface area contributed by atoms with Crippen molar-refractivity contribution in [3.8, 4) is 17.2 Å². The van der Waals surface area contributed by atoms with E-state index < -0.39 is 12.3 Å². The Bertz CT molecular complexity index is 1410. The Hall–Kier alpha value is -4.13. The zero-order valence-electron chi connectivity index (χ0n) is 20.6. The van der Waals surface area contributed by atoms with Crippen LogP contribution < -0.4 is 14.8 Å². The van der Waals surface area contributed by atoms with Crippen LogP contribution in [0.1, 0.15) is 33.1 Å². The second-order valence-corrected chi connectivity index (χ2v) is 9.00. The molecule has 0 fully saturated rings. The maximum Gasteiger partial charge on any atom is 0.573 e. The number of ether oxygens (including phenoxy) is 2. The van der Waals surface area contributed by atoms with Gasteiger partial charge in [-0.1, -0.05) is 35.2 Å². The lowest BCUT2D eigenvalue weighted by Crippen LogP contribution is -2.24. The number of hydrogen-bond acceptors (Lipinski definition) is 8. The fourth-order valence-electron chi connectivity index (χ4n) is 3.60. The molecule has 38 heavy (non-hydrogen) atoms. The molecule has 0 radical (unpaired) electrons. The van der Waals surface area contributed by atoms with E-state index >= 15 is 0 Å². The molecule has 0 unspecified atom stereocenters. The Morgan fingerprint density at radius 3 is 2.39 bits per heavy atom. The monoisotopic (exact) mass is 544 g/mol. The summed E-state index contributed by atoms with van der Waals surface area (Å²) in [6, 6.07) is 14.2. The summed E-state index contributed by atoms with van der Waals surface area (Å²) in [5.41, 5.74) is 3.23. The fourth-order valence-corrected chi connectivity index (χ4v) is 4.55. The number of carbonyl (C=O) groups is 1. The third-order valence-corrected chi connectivity index (χ3v) is 6.08. The molecule has 0 spiro atoms. The zero-order chi connectivity index (χ0) is 27.3. The van der Waals surface area contributed by atoms with Crippen LogP contribution in [0.5, 0.6) is 11.5 Å². The Labute approximate surface area is 220 Å². The highest BCUT2D eigenvalue weighted by atomic mass is 32.2. The van der Waals surface area contributed by atoms with Crippen molar-refractivity contribution in [1.82, 2.24) is 30.3 Å². The van der Waals surface area contributed by atoms with Gasteiger partial charge in [0.15, 0.2) is 10.9 Å². The van der Waals surface area contributed by atoms with Crippen LogP contribution in [-0.4, -0.2) is 44.3 Å². The molecule has 0 aliphatic heterocycles. The summed E-state index contributed by atoms with van der Waals surface area (Å²) < 4.78 is 48.4. The van der Waals surface area contributed by atoms with Gasteiger partial charge in [0.25, 0.3) is 5.91 Å². The first-order chi connectivity index (χ1) is 18.1. The molecule has 0 bridgehead atoms. The van der Waals surface area contributed by atoms with Crippen LogP contribution in [-0.2, 0) is 12.3 Å². The number of methoxy groups -OCH3 is 1. The lowest BCUT2D eigenvalue weighted by Gasteiger charge is -2.11. The summed E-state index contributed by atoms with van der Waals surface area (Å²) in [6.45, 7) is 3.89. The minimum atomic E-state index is -4.81. The highest BCUT2D eigenvalue weighted by Crippen LogP contribution is 2.27. The molecule has 1 N–H and O–H groups in total. The number of nitrogens with zero attached hydrogens (tertiary/aromatic N) is 5. The van der Waals surface area contributed by atoms with Gasteiger partial charge in [0.1, 0.15) is 11.5 Å². The first-order valence-electron chi connectivity index (χ1n) is 11.3. The van der Waals surface area contributed by atoms with Gasteiger partial charge in [0.2, 0.25) is 0 Å². The maximum atomic E-state index is 13.2. The molecule has 9 nitrogen and oxygen atoms in total. The van der Waals surface area contributed by atoms with Crippen molar-refractivity contribution in [2.45, 2.75) is 37.7 Å². The normalized spacial score (nSPS) is 11.3. The van der Waals surface area contributed by atoms with E-state index in [-0.39, 0.29) is 23.7 Å². The number of alkyl halides is 3. The SMILES string of the molecule is COc1ccccc1CNC(=O)c1nnn(-c2ccc(OC(F)(F)F)cc2)c1CSc1nc(C)cc(C)n1. The lowest BCUT2D eigenvalue weighted by molar-refractivity contribution is -0.274. The van der Waals surface area contributed by atoms with Crippen LogP contribution in [0.2, 0.25) is 0 Å². The number of nitrogens with one attached hydrogen (secondary N) is 1. The summed E-state index contributed by atoms with van der Waals surface area (Å²) in [7, 11) is 1.54. The number of aromatic nitrogens is 5. The molecule has 0 atom stereocenters. The molecule has 0 saturated carbocycles. The predicted molar refractivity (Wildman–Crippen MR) is 133 cm³/mol. The average Bonchev–Trinajstić information content (AvgIpc) is 3.29. The van der Waals surface area contributed by atoms with Crippen LogP contribution >= 0.6 is 11.8 Å². The van der Waals surface area contributed by atoms with Crippen molar-refractivity contribution in [2.24, 2.45) is 0 Å². The minimum Gasteiger partial charge on any atom is -0.496 e. The molecule has 0 aliphatic carbocycles. The summed E-state index contributed by atoms with van der Waals surface area (Å²) in [6.07, 6.45) is -4.81. The van der Waals surface area contributed by atoms with Crippen molar-refractivity contribution in [1.29, 1.82) is 0 Å². The Kier molecular flexibility index (Phi) is 8.15. The zero-order valence-corrected chi connectivity index (χ0v) is 21.4. The minimum absolute atomic E-state index is 0.0624. The van der Waals surface area contributed by atoms with Gasteiger partial charge in [0.05, 0.1) is 18.5 Å². The van der Waals surface area contributed by atoms with E-state index in [0.29, 0.717) is 22.3 Å². The lowest BCUT2D eigenvalue weighted by atomic mass is 10.2. The van der Waals surface area contributed by atoms with Crippen molar-refractivity contribution in [3.05, 3.63) is 82.9 Å². The van der Waals surface area contributed by atoms with Crippen molar-refractivity contribution >= 4 is 17.7 Å². The molecule has 1 amide bonds. The van der Waals surface area contributed by atoms with E-state index in [1.54, 1.807) is 13.2 Å². The number of aryl methyl sites for hydroxylation is 2. The predicted octanol–water partition coefficient (Wildman–Crippen LogP) is 4.80. The van der Waals surface area contributed by atoms with E-state index in [1.807, 2.05) is 38.1 Å². The molecule has 4 rings (SSSR count). The number of amides is 1. The van der Waals surface area contributed by atoms with E-state index in [4.69, 9.17) is 4.74 Å². The van der Waals surface area contributed by atoms with Crippen LogP contribution in [0.15, 0.2) is 59.8 Å². The van der Waals surface area contributed by atoms with E-state index in [0.717, 1.165) is 29.1 Å². The second-order valence-electron chi connectivity index (χ2n) is 8.05. The highest BCUT2D eigenvalue weighted by Gasteiger charge is 2.31. The van der Waals surface area contributed by atoms with Crippen LogP contribution in [0, 0.1) is 13.8 Å². The number of rotatable bonds is 9. The molecular weight excluding hydrogens is 521 g/mol. The molecule has 2 heterocycles. The third-order valence-electron chi connectivity index (χ3n) is 5.22. The third kappa shape index (κ3) is 6.79. The maximum absolute atomic E-state index is 13.2. The largest absolute Gasteiger partial charge is 0.573 e. The number of thioether (sulfide) groups is 1. The van der Waals surface area contributed by atoms with Crippen molar-refractivity contribution in [2.75, 3.05) is 7.11 Å². The molecule has 198 valence electrons. The van der Waals surface area contributed by atoms with Crippen LogP contribution in [0.25, 0.3) is 5.69 Å². The number of para-hydroxylation sites is 1. The van der Waals surface area contributed by atoms with Gasteiger partial charge in [-0.25, -0.2) is 14.6 Å². The standard InChI is InChI=1S/C25H23F3N6O3S/c1-15-12-16(2)31-24(30-15)38-14-20-22(23(35)29-13-17-6-4-5-7-21(17)36-3)32-33-34(20)18-8-10-19(11-9-18)37-25(26,27)28/h4-12H,13-14H2,1-3H3,(H,29,35). The summed E-state index contributed by atoms with van der Waals surface area (Å²) >= 11 is 1.28. The van der Waals surface area contributed by atoms with Crippen LogP contribution in [0.3, 0.4) is 0 Å². The molecule has 4 aromatic rings. The molecule has 0 aliphatic rings. The van der Waals surface area contributed by atoms with Gasteiger partial charge in [-0.3, -0.25) is 4.79 Å². The summed E-state index contributed by atoms with van der Waals surface area (Å²) in [4.78, 5) is 22.0. The van der Waals surface area contributed by atoms with E-state index in [2.05, 4.69) is 30.3 Å². The smallest absolute Gasteiger partial charge is 0.496 e. The summed E-state index contributed by atoms with van der Waals surface area (Å²) in [5, 5.41) is 11.5. The number of halogens is 3. The summed E-state index contributed by atoms with van der Waals surface area (Å²) in [5.74, 6) is -0.0131. The second kappa shape index (κ2) is 11.5. The Morgan fingerprint density at radius 1 is 1.05 bits per heavy atom. The molecule has 13 heteroatoms. The van der Waals surface area contributed by atoms with Gasteiger partial charge >= 0.3 is 6.36 Å². The number of benzene rings is 2. The van der Waals surface area contributed by atoms with Gasteiger partial charge in [0, 0.05) is 29.2 Å². The van der Waals surface area contributed by atoms with E-state index in [1.165, 1.54) is 28.6 Å². The van der Waals surface area contributed by atoms with E-state index in [9.17, 15) is 18.0 Å². The van der Waals surface area contributed by atoms with Gasteiger partial charge in [-0.05, 0) is 50.2 Å². The average molecular weight is 545 g/mol. The molecule has 2 aromatic heterocycles. The Morgan fingerprint density at radius 2 is 1.74 bits per heavy atom. The van der Waals surface area contributed by atoms with Crippen molar-refractivity contribution < 1.29 is 27.4 Å². The highest BCUT2D eigenvalue weighted by molar-refractivity contribution is 7.98. The van der Waals surface area contributed by atoms with Gasteiger partial charge in [-0.2, -0.15) is 0 Å². The number of carbonyl (C=O) groups excluding carboxylic acids is 1. The van der Waals surface area contributed by atoms with Gasteiger partial charge < -0.3 is 14.8 Å². The first-order valence-corrected chi connectivity index (χ1v) is 12.3. The quantitative estimate of drug-likeness (QED) is 0.237. The molecule has 0 saturated heterocycles. The van der Waals surface area contributed by atoms with Gasteiger partial charge in [-0.15, -0.1) is 18.3 Å². The number of hydrogen-bond donors (Lipinski definition) is 1. The fraction of sp³-hybridized carbons (Fsp3) is 0.240. The topological polar surface area (TPSA) is 104 Å². The first kappa shape index (κ1) is 26.9. The van der Waals surface area contributed by atoms with Crippen molar-refractivity contribution in [3.63, 3.8) is 0 Å². The molecule has 2 aromatic carbocycles. The Balaban J connectivity index is 1.62. The molecular formula is C25H23F3N6O3S. The van der Waals surface area contributed by atoms with Crippen LogP contribution in [0.4, 0.5) is 13.2 Å².